The highest BCUT2D eigenvalue weighted by molar-refractivity contribution is 5.92. The fourth-order valence-corrected chi connectivity index (χ4v) is 1.64. The summed E-state index contributed by atoms with van der Waals surface area (Å²) in [5, 5.41) is 6.63. The molecule has 0 aliphatic carbocycles. The molecular formula is C15H23N3. The van der Waals surface area contributed by atoms with Crippen LogP contribution < -0.4 is 10.6 Å². The van der Waals surface area contributed by atoms with Crippen molar-refractivity contribution in [2.75, 3.05) is 31.3 Å². The summed E-state index contributed by atoms with van der Waals surface area (Å²) in [6.45, 7) is 5.02. The SMILES string of the molecule is CN=C(C)/C=C\CCNc1ccc(C)cc1NC. The van der Waals surface area contributed by atoms with Gasteiger partial charge in [0.25, 0.3) is 0 Å². The molecule has 0 atom stereocenters. The first-order valence-corrected chi connectivity index (χ1v) is 6.29. The van der Waals surface area contributed by atoms with Crippen molar-refractivity contribution in [2.45, 2.75) is 20.3 Å². The Kier molecular flexibility index (Phi) is 5.98. The highest BCUT2D eigenvalue weighted by atomic mass is 14.9. The Morgan fingerprint density at radius 1 is 1.33 bits per heavy atom. The molecule has 0 heterocycles. The van der Waals surface area contributed by atoms with Gasteiger partial charge in [0.05, 0.1) is 11.4 Å². The first-order chi connectivity index (χ1) is 8.67. The first kappa shape index (κ1) is 14.3. The average Bonchev–Trinajstić information content (AvgIpc) is 2.39. The van der Waals surface area contributed by atoms with Crippen molar-refractivity contribution in [2.24, 2.45) is 4.99 Å². The molecule has 0 spiro atoms. The molecule has 0 saturated carbocycles. The van der Waals surface area contributed by atoms with E-state index in [1.807, 2.05) is 21.0 Å². The van der Waals surface area contributed by atoms with Crippen LogP contribution in [0.2, 0.25) is 0 Å². The lowest BCUT2D eigenvalue weighted by molar-refractivity contribution is 1.07. The van der Waals surface area contributed by atoms with E-state index in [4.69, 9.17) is 0 Å². The minimum Gasteiger partial charge on any atom is -0.386 e. The maximum Gasteiger partial charge on any atom is 0.0576 e. The molecule has 18 heavy (non-hydrogen) atoms. The van der Waals surface area contributed by atoms with Gasteiger partial charge in [-0.2, -0.15) is 0 Å². The fraction of sp³-hybridized carbons (Fsp3) is 0.400. The van der Waals surface area contributed by atoms with Gasteiger partial charge in [0, 0.05) is 26.4 Å². The molecule has 3 heteroatoms. The van der Waals surface area contributed by atoms with Crippen LogP contribution in [0.4, 0.5) is 11.4 Å². The Bertz CT molecular complexity index is 433. The predicted octanol–water partition coefficient (Wildman–Crippen LogP) is 3.49. The van der Waals surface area contributed by atoms with E-state index in [1.165, 1.54) is 5.56 Å². The van der Waals surface area contributed by atoms with Crippen LogP contribution in [-0.4, -0.2) is 26.4 Å². The second-order valence-electron chi connectivity index (χ2n) is 4.28. The van der Waals surface area contributed by atoms with E-state index in [-0.39, 0.29) is 0 Å². The van der Waals surface area contributed by atoms with Gasteiger partial charge in [-0.3, -0.25) is 4.99 Å². The van der Waals surface area contributed by atoms with Gasteiger partial charge in [-0.1, -0.05) is 12.1 Å². The number of hydrogen-bond acceptors (Lipinski definition) is 3. The van der Waals surface area contributed by atoms with Crippen LogP contribution in [0, 0.1) is 6.92 Å². The Balaban J connectivity index is 2.47. The lowest BCUT2D eigenvalue weighted by Crippen LogP contribution is -2.03. The Morgan fingerprint density at radius 3 is 2.78 bits per heavy atom. The zero-order valence-corrected chi connectivity index (χ0v) is 11.7. The predicted molar refractivity (Wildman–Crippen MR) is 82.0 cm³/mol. The topological polar surface area (TPSA) is 36.4 Å². The summed E-state index contributed by atoms with van der Waals surface area (Å²) in [6.07, 6.45) is 5.18. The highest BCUT2D eigenvalue weighted by Gasteiger charge is 1.99. The van der Waals surface area contributed by atoms with Gasteiger partial charge in [0.2, 0.25) is 0 Å². The van der Waals surface area contributed by atoms with Gasteiger partial charge in [-0.05, 0) is 44.0 Å². The normalized spacial score (nSPS) is 11.9. The quantitative estimate of drug-likeness (QED) is 0.594. The van der Waals surface area contributed by atoms with Gasteiger partial charge in [0.15, 0.2) is 0 Å². The Morgan fingerprint density at radius 2 is 2.11 bits per heavy atom. The molecule has 1 aromatic carbocycles. The number of nitrogens with zero attached hydrogens (tertiary/aromatic N) is 1. The van der Waals surface area contributed by atoms with Crippen LogP contribution in [0.1, 0.15) is 18.9 Å². The van der Waals surface area contributed by atoms with Crippen molar-refractivity contribution in [1.82, 2.24) is 0 Å². The van der Waals surface area contributed by atoms with Gasteiger partial charge >= 0.3 is 0 Å². The average molecular weight is 245 g/mol. The van der Waals surface area contributed by atoms with E-state index in [0.717, 1.165) is 30.1 Å². The van der Waals surface area contributed by atoms with Crippen molar-refractivity contribution < 1.29 is 0 Å². The number of aliphatic imine (C=N–C) groups is 1. The third-order valence-corrected chi connectivity index (χ3v) is 2.78. The summed E-state index contributed by atoms with van der Waals surface area (Å²) < 4.78 is 0. The molecule has 0 aliphatic rings. The van der Waals surface area contributed by atoms with Gasteiger partial charge in [0.1, 0.15) is 0 Å². The number of nitrogens with one attached hydrogen (secondary N) is 2. The summed E-state index contributed by atoms with van der Waals surface area (Å²) in [5.74, 6) is 0. The van der Waals surface area contributed by atoms with E-state index >= 15 is 0 Å². The van der Waals surface area contributed by atoms with Crippen LogP contribution in [-0.2, 0) is 0 Å². The molecule has 0 amide bonds. The number of allylic oxidation sites excluding steroid dienone is 1. The summed E-state index contributed by atoms with van der Waals surface area (Å²) in [7, 11) is 3.75. The summed E-state index contributed by atoms with van der Waals surface area (Å²) >= 11 is 0. The van der Waals surface area contributed by atoms with Gasteiger partial charge in [-0.25, -0.2) is 0 Å². The molecule has 1 aromatic rings. The van der Waals surface area contributed by atoms with Crippen LogP contribution in [0.15, 0.2) is 35.3 Å². The maximum absolute atomic E-state index is 4.08. The molecule has 0 aromatic heterocycles. The molecule has 0 bridgehead atoms. The lowest BCUT2D eigenvalue weighted by Gasteiger charge is -2.11. The minimum absolute atomic E-state index is 0.922. The van der Waals surface area contributed by atoms with Crippen LogP contribution in [0.25, 0.3) is 0 Å². The van der Waals surface area contributed by atoms with Gasteiger partial charge in [-0.15, -0.1) is 0 Å². The van der Waals surface area contributed by atoms with E-state index < -0.39 is 0 Å². The molecule has 1 rings (SSSR count). The fourth-order valence-electron chi connectivity index (χ4n) is 1.64. The number of benzene rings is 1. The lowest BCUT2D eigenvalue weighted by atomic mass is 10.2. The summed E-state index contributed by atoms with van der Waals surface area (Å²) in [5.41, 5.74) is 4.61. The van der Waals surface area contributed by atoms with Crippen molar-refractivity contribution in [3.63, 3.8) is 0 Å². The van der Waals surface area contributed by atoms with Crippen molar-refractivity contribution in [1.29, 1.82) is 0 Å². The van der Waals surface area contributed by atoms with Crippen molar-refractivity contribution in [3.05, 3.63) is 35.9 Å². The van der Waals surface area contributed by atoms with E-state index in [2.05, 4.69) is 52.9 Å². The van der Waals surface area contributed by atoms with E-state index in [0.29, 0.717) is 0 Å². The van der Waals surface area contributed by atoms with Crippen molar-refractivity contribution >= 4 is 17.1 Å². The molecule has 2 N–H and O–H groups in total. The second kappa shape index (κ2) is 7.54. The second-order valence-corrected chi connectivity index (χ2v) is 4.28. The summed E-state index contributed by atoms with van der Waals surface area (Å²) in [6, 6.07) is 6.38. The zero-order valence-electron chi connectivity index (χ0n) is 11.7. The third-order valence-electron chi connectivity index (χ3n) is 2.78. The molecule has 3 nitrogen and oxygen atoms in total. The molecule has 0 radical (unpaired) electrons. The summed E-state index contributed by atoms with van der Waals surface area (Å²) in [4.78, 5) is 4.08. The molecule has 0 fully saturated rings. The molecule has 0 saturated heterocycles. The van der Waals surface area contributed by atoms with Crippen LogP contribution >= 0.6 is 0 Å². The molecular weight excluding hydrogens is 222 g/mol. The smallest absolute Gasteiger partial charge is 0.0576 e. The number of anilines is 2. The Hall–Kier alpha value is -1.77. The first-order valence-electron chi connectivity index (χ1n) is 6.29. The monoisotopic (exact) mass is 245 g/mol. The largest absolute Gasteiger partial charge is 0.386 e. The minimum atomic E-state index is 0.922. The van der Waals surface area contributed by atoms with Gasteiger partial charge < -0.3 is 10.6 Å². The van der Waals surface area contributed by atoms with Crippen LogP contribution in [0.5, 0.6) is 0 Å². The zero-order chi connectivity index (χ0) is 13.4. The van der Waals surface area contributed by atoms with Crippen LogP contribution in [0.3, 0.4) is 0 Å². The highest BCUT2D eigenvalue weighted by Crippen LogP contribution is 2.22. The standard InChI is InChI=1S/C15H23N3/c1-12-8-9-14(15(11-12)17-4)18-10-6-5-7-13(2)16-3/h5,7-9,11,17-18H,6,10H2,1-4H3/b7-5-,16-13?. The number of aryl methyl sites for hydroxylation is 1. The number of rotatable bonds is 6. The third kappa shape index (κ3) is 4.62. The van der Waals surface area contributed by atoms with E-state index in [1.54, 1.807) is 0 Å². The van der Waals surface area contributed by atoms with Crippen molar-refractivity contribution in [3.8, 4) is 0 Å². The molecule has 98 valence electrons. The maximum atomic E-state index is 4.08. The molecule has 0 unspecified atom stereocenters. The molecule has 0 aliphatic heterocycles. The van der Waals surface area contributed by atoms with E-state index in [9.17, 15) is 0 Å². The number of hydrogen-bond donors (Lipinski definition) is 2. The Labute approximate surface area is 110 Å².